The largest absolute Gasteiger partial charge is 0.0625 e. The van der Waals surface area contributed by atoms with Crippen molar-refractivity contribution >= 4 is 0 Å². The Morgan fingerprint density at radius 1 is 1.22 bits per heavy atom. The van der Waals surface area contributed by atoms with Gasteiger partial charge in [-0.05, 0) is 42.9 Å². The van der Waals surface area contributed by atoms with Crippen molar-refractivity contribution < 1.29 is 0 Å². The van der Waals surface area contributed by atoms with Gasteiger partial charge < -0.3 is 0 Å². The molecule has 0 unspecified atom stereocenters. The van der Waals surface area contributed by atoms with Crippen molar-refractivity contribution in [3.8, 4) is 0 Å². The average molecular weight is 124 g/mol. The van der Waals surface area contributed by atoms with Gasteiger partial charge in [0.1, 0.15) is 0 Å². The van der Waals surface area contributed by atoms with Gasteiger partial charge in [-0.25, -0.2) is 0 Å². The van der Waals surface area contributed by atoms with E-state index in [-0.39, 0.29) is 0 Å². The molecule has 0 heteroatoms. The lowest BCUT2D eigenvalue weighted by molar-refractivity contribution is 0.0975. The monoisotopic (exact) mass is 124 g/mol. The number of rotatable bonds is 1. The Hall–Kier alpha value is 0. The van der Waals surface area contributed by atoms with Gasteiger partial charge in [0.05, 0.1) is 0 Å². The van der Waals surface area contributed by atoms with Gasteiger partial charge in [0, 0.05) is 0 Å². The van der Waals surface area contributed by atoms with Gasteiger partial charge in [0.15, 0.2) is 0 Å². The second-order valence-electron chi connectivity index (χ2n) is 4.25. The Kier molecular flexibility index (Phi) is 0.980. The van der Waals surface area contributed by atoms with Crippen LogP contribution >= 0.6 is 0 Å². The zero-order valence-electron chi connectivity index (χ0n) is 6.48. The molecule has 0 saturated heterocycles. The molecule has 1 spiro atoms. The Morgan fingerprint density at radius 2 is 1.89 bits per heavy atom. The molecule has 0 bridgehead atoms. The lowest BCUT2D eigenvalue weighted by Crippen LogP contribution is -2.31. The van der Waals surface area contributed by atoms with Crippen LogP contribution in [-0.2, 0) is 0 Å². The second kappa shape index (κ2) is 1.53. The van der Waals surface area contributed by atoms with Gasteiger partial charge in [-0.1, -0.05) is 13.8 Å². The Morgan fingerprint density at radius 3 is 2.00 bits per heavy atom. The van der Waals surface area contributed by atoms with Crippen LogP contribution in [0.25, 0.3) is 0 Å². The fourth-order valence-corrected chi connectivity index (χ4v) is 2.54. The molecule has 2 saturated carbocycles. The highest BCUT2D eigenvalue weighted by Gasteiger charge is 2.55. The summed E-state index contributed by atoms with van der Waals surface area (Å²) in [6, 6.07) is 0. The molecule has 52 valence electrons. The van der Waals surface area contributed by atoms with Crippen molar-refractivity contribution in [1.82, 2.24) is 0 Å². The van der Waals surface area contributed by atoms with Crippen molar-refractivity contribution in [1.29, 1.82) is 0 Å². The summed E-state index contributed by atoms with van der Waals surface area (Å²) < 4.78 is 0. The molecule has 0 nitrogen and oxygen atoms in total. The topological polar surface area (TPSA) is 0 Å². The summed E-state index contributed by atoms with van der Waals surface area (Å²) in [6.45, 7) is 4.76. The molecule has 2 aliphatic rings. The normalized spacial score (nSPS) is 37.0. The van der Waals surface area contributed by atoms with Crippen molar-refractivity contribution in [2.75, 3.05) is 0 Å². The van der Waals surface area contributed by atoms with Gasteiger partial charge in [-0.2, -0.15) is 0 Å². The average Bonchev–Trinajstić information content (AvgIpc) is 2.37. The Bertz CT molecular complexity index is 120. The highest BCUT2D eigenvalue weighted by atomic mass is 14.6. The van der Waals surface area contributed by atoms with Gasteiger partial charge in [0.2, 0.25) is 0 Å². The summed E-state index contributed by atoms with van der Waals surface area (Å²) >= 11 is 0. The third-order valence-corrected chi connectivity index (χ3v) is 3.44. The maximum absolute atomic E-state index is 2.38. The molecular formula is C9H16. The summed E-state index contributed by atoms with van der Waals surface area (Å²) in [5.74, 6) is 2.07. The smallest absolute Gasteiger partial charge is 0.0266 e. The maximum Gasteiger partial charge on any atom is -0.0266 e. The molecule has 0 amide bonds. The van der Waals surface area contributed by atoms with E-state index in [1.165, 1.54) is 6.42 Å². The molecule has 0 aromatic carbocycles. The summed E-state index contributed by atoms with van der Waals surface area (Å²) in [6.07, 6.45) is 6.18. The van der Waals surface area contributed by atoms with Gasteiger partial charge in [0.25, 0.3) is 0 Å². The standard InChI is InChI=1S/C9H16/c1-7(2)8-3-4-9(8)5-6-9/h7-8H,3-6H2,1-2H3/t8-/m0/s1. The predicted octanol–water partition coefficient (Wildman–Crippen LogP) is 2.83. The van der Waals surface area contributed by atoms with Crippen LogP contribution in [0.2, 0.25) is 0 Å². The first-order chi connectivity index (χ1) is 4.25. The highest BCUT2D eigenvalue weighted by Crippen LogP contribution is 2.66. The van der Waals surface area contributed by atoms with Crippen molar-refractivity contribution in [3.05, 3.63) is 0 Å². The van der Waals surface area contributed by atoms with Crippen molar-refractivity contribution in [2.24, 2.45) is 17.3 Å². The van der Waals surface area contributed by atoms with Crippen LogP contribution in [0.4, 0.5) is 0 Å². The fraction of sp³-hybridized carbons (Fsp3) is 1.00. The molecule has 0 aromatic heterocycles. The first-order valence-electron chi connectivity index (χ1n) is 4.25. The minimum absolute atomic E-state index is 0.911. The first-order valence-corrected chi connectivity index (χ1v) is 4.25. The highest BCUT2D eigenvalue weighted by molar-refractivity contribution is 5.06. The van der Waals surface area contributed by atoms with Crippen LogP contribution in [0.1, 0.15) is 39.5 Å². The Balaban J connectivity index is 1.99. The lowest BCUT2D eigenvalue weighted by Gasteiger charge is -2.40. The van der Waals surface area contributed by atoms with E-state index in [0.717, 1.165) is 17.3 Å². The molecular weight excluding hydrogens is 108 g/mol. The molecule has 0 aromatic rings. The molecule has 2 fully saturated rings. The number of hydrogen-bond donors (Lipinski definition) is 0. The molecule has 2 rings (SSSR count). The second-order valence-corrected chi connectivity index (χ2v) is 4.25. The quantitative estimate of drug-likeness (QED) is 0.504. The summed E-state index contributed by atoms with van der Waals surface area (Å²) in [4.78, 5) is 0. The molecule has 9 heavy (non-hydrogen) atoms. The summed E-state index contributed by atoms with van der Waals surface area (Å²) in [5.41, 5.74) is 0.911. The molecule has 0 heterocycles. The van der Waals surface area contributed by atoms with Gasteiger partial charge >= 0.3 is 0 Å². The molecule has 2 aliphatic carbocycles. The summed E-state index contributed by atoms with van der Waals surface area (Å²) in [5, 5.41) is 0. The molecule has 0 aliphatic heterocycles. The Labute approximate surface area is 57.6 Å². The van der Waals surface area contributed by atoms with E-state index >= 15 is 0 Å². The van der Waals surface area contributed by atoms with Crippen LogP contribution in [0.15, 0.2) is 0 Å². The zero-order valence-corrected chi connectivity index (χ0v) is 6.48. The zero-order chi connectivity index (χ0) is 6.48. The SMILES string of the molecule is CC(C)[C@@H]1CCC12CC2. The van der Waals surface area contributed by atoms with E-state index in [1.54, 1.807) is 19.3 Å². The fourth-order valence-electron chi connectivity index (χ4n) is 2.54. The lowest BCUT2D eigenvalue weighted by atomic mass is 9.65. The van der Waals surface area contributed by atoms with E-state index in [1.807, 2.05) is 0 Å². The minimum atomic E-state index is 0.911. The minimum Gasteiger partial charge on any atom is -0.0625 e. The summed E-state index contributed by atoms with van der Waals surface area (Å²) in [7, 11) is 0. The van der Waals surface area contributed by atoms with E-state index in [9.17, 15) is 0 Å². The van der Waals surface area contributed by atoms with Gasteiger partial charge in [-0.3, -0.25) is 0 Å². The van der Waals surface area contributed by atoms with Crippen LogP contribution < -0.4 is 0 Å². The van der Waals surface area contributed by atoms with Gasteiger partial charge in [-0.15, -0.1) is 0 Å². The van der Waals surface area contributed by atoms with Crippen LogP contribution in [0.5, 0.6) is 0 Å². The van der Waals surface area contributed by atoms with E-state index in [0.29, 0.717) is 0 Å². The van der Waals surface area contributed by atoms with Crippen LogP contribution in [0, 0.1) is 17.3 Å². The molecule has 1 atom stereocenters. The predicted molar refractivity (Wildman–Crippen MR) is 39.2 cm³/mol. The van der Waals surface area contributed by atoms with Crippen LogP contribution in [0.3, 0.4) is 0 Å². The van der Waals surface area contributed by atoms with E-state index in [4.69, 9.17) is 0 Å². The van der Waals surface area contributed by atoms with Crippen molar-refractivity contribution in [2.45, 2.75) is 39.5 Å². The third-order valence-electron chi connectivity index (χ3n) is 3.44. The van der Waals surface area contributed by atoms with E-state index in [2.05, 4.69) is 13.8 Å². The van der Waals surface area contributed by atoms with E-state index < -0.39 is 0 Å². The van der Waals surface area contributed by atoms with Crippen LogP contribution in [-0.4, -0.2) is 0 Å². The first kappa shape index (κ1) is 5.76. The maximum atomic E-state index is 2.38. The number of hydrogen-bond acceptors (Lipinski definition) is 0. The molecule has 0 radical (unpaired) electrons. The van der Waals surface area contributed by atoms with Crippen molar-refractivity contribution in [3.63, 3.8) is 0 Å². The molecule has 0 N–H and O–H groups in total. The third kappa shape index (κ3) is 0.653.